The third kappa shape index (κ3) is 4.66. The minimum absolute atomic E-state index is 0.128. The Morgan fingerprint density at radius 2 is 2.17 bits per heavy atom. The number of halogens is 1. The van der Waals surface area contributed by atoms with Crippen molar-refractivity contribution < 1.29 is 14.3 Å². The Balaban J connectivity index is 1.70. The lowest BCUT2D eigenvalue weighted by molar-refractivity contribution is -0.148. The summed E-state index contributed by atoms with van der Waals surface area (Å²) in [5.74, 6) is -1.43. The maximum Gasteiger partial charge on any atom is 0.349 e. The molecule has 0 unspecified atom stereocenters. The molecule has 1 aliphatic rings. The van der Waals surface area contributed by atoms with E-state index < -0.39 is 18.0 Å². The maximum absolute atomic E-state index is 12.4. The summed E-state index contributed by atoms with van der Waals surface area (Å²) in [7, 11) is 0. The molecule has 0 aromatic carbocycles. The number of rotatable bonds is 6. The van der Waals surface area contributed by atoms with Crippen molar-refractivity contribution in [3.05, 3.63) is 52.1 Å². The van der Waals surface area contributed by atoms with Gasteiger partial charge in [0.1, 0.15) is 11.6 Å². The SMILES string of the molecule is Cc1cc(/C=C(\C#N)C(=O)O[C@H](C)C(=O)Nc2cccnc2Cl)c(C)n1C1CC1. The first-order chi connectivity index (χ1) is 13.8. The fourth-order valence-corrected chi connectivity index (χ4v) is 3.29. The summed E-state index contributed by atoms with van der Waals surface area (Å²) in [4.78, 5) is 28.6. The van der Waals surface area contributed by atoms with Gasteiger partial charge in [-0.3, -0.25) is 4.79 Å². The van der Waals surface area contributed by atoms with Crippen LogP contribution >= 0.6 is 11.6 Å². The number of nitrogens with one attached hydrogen (secondary N) is 1. The Morgan fingerprint density at radius 3 is 2.79 bits per heavy atom. The van der Waals surface area contributed by atoms with Crippen LogP contribution in [0.15, 0.2) is 30.0 Å². The van der Waals surface area contributed by atoms with Gasteiger partial charge in [0.2, 0.25) is 0 Å². The summed E-state index contributed by atoms with van der Waals surface area (Å²) >= 11 is 5.91. The fraction of sp³-hybridized carbons (Fsp3) is 0.333. The summed E-state index contributed by atoms with van der Waals surface area (Å²) in [6.45, 7) is 5.39. The molecule has 2 heterocycles. The van der Waals surface area contributed by atoms with Gasteiger partial charge in [0.05, 0.1) is 5.69 Å². The van der Waals surface area contributed by atoms with Crippen LogP contribution in [-0.2, 0) is 14.3 Å². The van der Waals surface area contributed by atoms with Crippen molar-refractivity contribution in [2.24, 2.45) is 0 Å². The Bertz CT molecular complexity index is 1030. The number of hydrogen-bond acceptors (Lipinski definition) is 5. The van der Waals surface area contributed by atoms with Crippen LogP contribution in [0.3, 0.4) is 0 Å². The number of ether oxygens (including phenoxy) is 1. The van der Waals surface area contributed by atoms with Crippen molar-refractivity contribution in [2.75, 3.05) is 5.32 Å². The third-order valence-corrected chi connectivity index (χ3v) is 5.05. The molecule has 1 saturated carbocycles. The topological polar surface area (TPSA) is 97.0 Å². The van der Waals surface area contributed by atoms with E-state index in [0.29, 0.717) is 11.7 Å². The Morgan fingerprint density at radius 1 is 1.45 bits per heavy atom. The van der Waals surface area contributed by atoms with Crippen molar-refractivity contribution in [3.63, 3.8) is 0 Å². The number of carbonyl (C=O) groups is 2. The van der Waals surface area contributed by atoms with Gasteiger partial charge in [-0.05, 0) is 63.5 Å². The molecule has 1 atom stereocenters. The number of aromatic nitrogens is 2. The molecule has 1 aliphatic carbocycles. The number of amides is 1. The zero-order valence-electron chi connectivity index (χ0n) is 16.4. The molecule has 0 spiro atoms. The molecule has 150 valence electrons. The summed E-state index contributed by atoms with van der Waals surface area (Å²) in [5.41, 5.74) is 3.03. The van der Waals surface area contributed by atoms with Crippen molar-refractivity contribution >= 4 is 35.2 Å². The van der Waals surface area contributed by atoms with Gasteiger partial charge in [0.15, 0.2) is 11.3 Å². The van der Waals surface area contributed by atoms with E-state index in [0.717, 1.165) is 29.8 Å². The number of esters is 1. The minimum Gasteiger partial charge on any atom is -0.448 e. The maximum atomic E-state index is 12.4. The number of hydrogen-bond donors (Lipinski definition) is 1. The van der Waals surface area contributed by atoms with E-state index >= 15 is 0 Å². The zero-order chi connectivity index (χ0) is 21.1. The third-order valence-electron chi connectivity index (χ3n) is 4.75. The van der Waals surface area contributed by atoms with E-state index in [9.17, 15) is 14.9 Å². The van der Waals surface area contributed by atoms with Crippen LogP contribution in [0.4, 0.5) is 5.69 Å². The molecule has 3 rings (SSSR count). The number of pyridine rings is 1. The van der Waals surface area contributed by atoms with Gasteiger partial charge < -0.3 is 14.6 Å². The van der Waals surface area contributed by atoms with Crippen LogP contribution in [0.5, 0.6) is 0 Å². The summed E-state index contributed by atoms with van der Waals surface area (Å²) < 4.78 is 7.40. The van der Waals surface area contributed by atoms with Gasteiger partial charge in [-0.25, -0.2) is 9.78 Å². The number of aryl methyl sites for hydroxylation is 1. The van der Waals surface area contributed by atoms with Crippen LogP contribution in [0.2, 0.25) is 5.15 Å². The van der Waals surface area contributed by atoms with E-state index in [4.69, 9.17) is 16.3 Å². The lowest BCUT2D eigenvalue weighted by Crippen LogP contribution is -2.30. The van der Waals surface area contributed by atoms with Gasteiger partial charge >= 0.3 is 5.97 Å². The Hall–Kier alpha value is -3.11. The number of anilines is 1. The monoisotopic (exact) mass is 412 g/mol. The number of nitriles is 1. The Kier molecular flexibility index (Phi) is 6.04. The highest BCUT2D eigenvalue weighted by Crippen LogP contribution is 2.38. The second-order valence-corrected chi connectivity index (χ2v) is 7.33. The van der Waals surface area contributed by atoms with Gasteiger partial charge in [-0.1, -0.05) is 11.6 Å². The molecule has 0 saturated heterocycles. The van der Waals surface area contributed by atoms with Gasteiger partial charge in [0, 0.05) is 23.6 Å². The van der Waals surface area contributed by atoms with Crippen LogP contribution in [0, 0.1) is 25.2 Å². The highest BCUT2D eigenvalue weighted by atomic mass is 35.5. The first-order valence-corrected chi connectivity index (χ1v) is 9.62. The van der Waals surface area contributed by atoms with Crippen molar-refractivity contribution in [2.45, 2.75) is 45.8 Å². The average Bonchev–Trinajstić information content (AvgIpc) is 3.47. The largest absolute Gasteiger partial charge is 0.448 e. The predicted molar refractivity (Wildman–Crippen MR) is 109 cm³/mol. The molecule has 1 N–H and O–H groups in total. The van der Waals surface area contributed by atoms with Crippen LogP contribution < -0.4 is 5.32 Å². The average molecular weight is 413 g/mol. The normalized spacial score (nSPS) is 14.8. The first kappa shape index (κ1) is 20.6. The second-order valence-electron chi connectivity index (χ2n) is 6.98. The van der Waals surface area contributed by atoms with E-state index in [1.807, 2.05) is 26.0 Å². The highest BCUT2D eigenvalue weighted by molar-refractivity contribution is 6.32. The first-order valence-electron chi connectivity index (χ1n) is 9.24. The molecule has 0 radical (unpaired) electrons. The molecule has 1 fully saturated rings. The predicted octanol–water partition coefficient (Wildman–Crippen LogP) is 3.97. The van der Waals surface area contributed by atoms with Crippen LogP contribution in [0.1, 0.15) is 42.8 Å². The molecule has 1 amide bonds. The van der Waals surface area contributed by atoms with Crippen LogP contribution in [-0.4, -0.2) is 27.5 Å². The molecular weight excluding hydrogens is 392 g/mol. The van der Waals surface area contributed by atoms with E-state index in [-0.39, 0.29) is 10.7 Å². The van der Waals surface area contributed by atoms with Gasteiger partial charge in [-0.2, -0.15) is 5.26 Å². The van der Waals surface area contributed by atoms with Gasteiger partial charge in [0.25, 0.3) is 5.91 Å². The molecule has 0 bridgehead atoms. The molecule has 0 aliphatic heterocycles. The molecular formula is C21H21ClN4O3. The highest BCUT2D eigenvalue weighted by Gasteiger charge is 2.27. The summed E-state index contributed by atoms with van der Waals surface area (Å²) in [6, 6.07) is 7.51. The molecule has 2 aromatic heterocycles. The Labute approximate surface area is 173 Å². The van der Waals surface area contributed by atoms with Crippen LogP contribution in [0.25, 0.3) is 6.08 Å². The van der Waals surface area contributed by atoms with E-state index in [1.165, 1.54) is 19.2 Å². The number of nitrogens with zero attached hydrogens (tertiary/aromatic N) is 3. The van der Waals surface area contributed by atoms with Crippen molar-refractivity contribution in [1.82, 2.24) is 9.55 Å². The molecule has 7 nitrogen and oxygen atoms in total. The van der Waals surface area contributed by atoms with E-state index in [1.54, 1.807) is 12.1 Å². The molecule has 8 heteroatoms. The molecule has 29 heavy (non-hydrogen) atoms. The summed E-state index contributed by atoms with van der Waals surface area (Å²) in [5, 5.41) is 12.1. The lowest BCUT2D eigenvalue weighted by atomic mass is 10.1. The second kappa shape index (κ2) is 8.50. The lowest BCUT2D eigenvalue weighted by Gasteiger charge is -2.13. The van der Waals surface area contributed by atoms with Crippen molar-refractivity contribution in [3.8, 4) is 6.07 Å². The fourth-order valence-electron chi connectivity index (χ4n) is 3.13. The van der Waals surface area contributed by atoms with Crippen molar-refractivity contribution in [1.29, 1.82) is 5.26 Å². The smallest absolute Gasteiger partial charge is 0.349 e. The van der Waals surface area contributed by atoms with E-state index in [2.05, 4.69) is 14.9 Å². The zero-order valence-corrected chi connectivity index (χ0v) is 17.2. The van der Waals surface area contributed by atoms with Gasteiger partial charge in [-0.15, -0.1) is 0 Å². The standard InChI is InChI=1S/C21H21ClN4O3/c1-12-9-15(13(2)26(12)17-6-7-17)10-16(11-23)21(28)29-14(3)20(27)25-18-5-4-8-24-19(18)22/h4-5,8-10,14,17H,6-7H2,1-3H3,(H,25,27)/b16-10+/t14-/m1/s1. The quantitative estimate of drug-likeness (QED) is 0.335. The number of carbonyl (C=O) groups excluding carboxylic acids is 2. The minimum atomic E-state index is -1.12. The summed E-state index contributed by atoms with van der Waals surface area (Å²) in [6.07, 6.45) is 4.16. The molecule has 2 aromatic rings.